The van der Waals surface area contributed by atoms with Gasteiger partial charge >= 0.3 is 0 Å². The van der Waals surface area contributed by atoms with Crippen LogP contribution in [0, 0.1) is 0 Å². The van der Waals surface area contributed by atoms with Crippen LogP contribution in [-0.2, 0) is 11.3 Å². The number of hydrogen-bond acceptors (Lipinski definition) is 5. The molecule has 1 aliphatic heterocycles. The molecule has 1 aromatic carbocycles. The van der Waals surface area contributed by atoms with Crippen LogP contribution >= 0.6 is 0 Å². The molecule has 1 aromatic heterocycles. The van der Waals surface area contributed by atoms with Gasteiger partial charge < -0.3 is 19.4 Å². The molecule has 0 aliphatic carbocycles. The first-order valence-electron chi connectivity index (χ1n) is 8.65. The van der Waals surface area contributed by atoms with E-state index in [4.69, 9.17) is 9.15 Å². The molecule has 25 heavy (non-hydrogen) atoms. The minimum Gasteiger partial charge on any atom is -0.495 e. The Kier molecular flexibility index (Phi) is 5.95. The first-order chi connectivity index (χ1) is 12.3. The summed E-state index contributed by atoms with van der Waals surface area (Å²) < 4.78 is 10.7. The Morgan fingerprint density at radius 2 is 1.96 bits per heavy atom. The zero-order chi connectivity index (χ0) is 17.5. The van der Waals surface area contributed by atoms with Crippen molar-refractivity contribution in [1.29, 1.82) is 0 Å². The number of anilines is 1. The number of hydrogen-bond donors (Lipinski definition) is 1. The minimum atomic E-state index is 0.0589. The number of methoxy groups -OCH3 is 1. The fraction of sp³-hybridized carbons (Fsp3) is 0.421. The van der Waals surface area contributed by atoms with Crippen LogP contribution in [0.2, 0.25) is 0 Å². The van der Waals surface area contributed by atoms with Crippen molar-refractivity contribution >= 4 is 11.6 Å². The van der Waals surface area contributed by atoms with E-state index in [1.165, 1.54) is 0 Å². The van der Waals surface area contributed by atoms with Gasteiger partial charge in [0.25, 0.3) is 0 Å². The van der Waals surface area contributed by atoms with Gasteiger partial charge in [0.2, 0.25) is 5.91 Å². The topological polar surface area (TPSA) is 58.0 Å². The summed E-state index contributed by atoms with van der Waals surface area (Å²) in [6.07, 6.45) is 2.12. The molecule has 3 rings (SSSR count). The second-order valence-corrected chi connectivity index (χ2v) is 6.11. The number of carbonyl (C=O) groups excluding carboxylic acids is 1. The van der Waals surface area contributed by atoms with Gasteiger partial charge in [-0.05, 0) is 24.3 Å². The van der Waals surface area contributed by atoms with E-state index >= 15 is 0 Å². The average molecular weight is 343 g/mol. The van der Waals surface area contributed by atoms with Crippen molar-refractivity contribution in [3.05, 3.63) is 48.4 Å². The second kappa shape index (κ2) is 8.58. The molecule has 1 saturated heterocycles. The largest absolute Gasteiger partial charge is 0.495 e. The molecule has 6 heteroatoms. The Bertz CT molecular complexity index is 664. The van der Waals surface area contributed by atoms with E-state index in [9.17, 15) is 4.79 Å². The lowest BCUT2D eigenvalue weighted by atomic mass is 10.2. The summed E-state index contributed by atoms with van der Waals surface area (Å²) in [4.78, 5) is 16.6. The third-order valence-electron chi connectivity index (χ3n) is 4.49. The number of carbonyl (C=O) groups is 1. The van der Waals surface area contributed by atoms with Crippen LogP contribution in [0.15, 0.2) is 47.1 Å². The monoisotopic (exact) mass is 343 g/mol. The number of amides is 1. The number of rotatable bonds is 7. The Morgan fingerprint density at radius 3 is 2.68 bits per heavy atom. The van der Waals surface area contributed by atoms with Gasteiger partial charge in [-0.2, -0.15) is 0 Å². The maximum atomic E-state index is 11.9. The van der Waals surface area contributed by atoms with Gasteiger partial charge in [0, 0.05) is 39.1 Å². The molecule has 1 N–H and O–H groups in total. The molecule has 2 aromatic rings. The van der Waals surface area contributed by atoms with Gasteiger partial charge in [-0.3, -0.25) is 9.69 Å². The first-order valence-corrected chi connectivity index (χ1v) is 8.65. The van der Waals surface area contributed by atoms with E-state index < -0.39 is 0 Å². The summed E-state index contributed by atoms with van der Waals surface area (Å²) in [5, 5.41) is 2.89. The summed E-state index contributed by atoms with van der Waals surface area (Å²) in [6, 6.07) is 11.8. The van der Waals surface area contributed by atoms with Gasteiger partial charge in [-0.15, -0.1) is 0 Å². The van der Waals surface area contributed by atoms with E-state index in [0.717, 1.165) is 49.9 Å². The number of furan rings is 1. The van der Waals surface area contributed by atoms with Gasteiger partial charge in [0.15, 0.2) is 0 Å². The summed E-state index contributed by atoms with van der Waals surface area (Å²) in [6.45, 7) is 5.01. The Labute approximate surface area is 148 Å². The van der Waals surface area contributed by atoms with Crippen LogP contribution in [0.5, 0.6) is 5.75 Å². The van der Waals surface area contributed by atoms with Crippen LogP contribution in [0.25, 0.3) is 0 Å². The second-order valence-electron chi connectivity index (χ2n) is 6.11. The van der Waals surface area contributed by atoms with Crippen molar-refractivity contribution in [1.82, 2.24) is 10.2 Å². The highest BCUT2D eigenvalue weighted by Crippen LogP contribution is 2.28. The van der Waals surface area contributed by atoms with Crippen molar-refractivity contribution < 1.29 is 13.9 Å². The van der Waals surface area contributed by atoms with Crippen LogP contribution < -0.4 is 15.0 Å². The van der Waals surface area contributed by atoms with Crippen LogP contribution in [0.3, 0.4) is 0 Å². The molecular formula is C19H25N3O3. The fourth-order valence-electron chi connectivity index (χ4n) is 3.05. The molecule has 0 unspecified atom stereocenters. The molecule has 0 spiro atoms. The van der Waals surface area contributed by atoms with E-state index in [0.29, 0.717) is 13.0 Å². The SMILES string of the molecule is COc1ccccc1N1CCN(CCC(=O)NCc2ccco2)CC1. The van der Waals surface area contributed by atoms with Gasteiger partial charge in [-0.25, -0.2) is 0 Å². The Balaban J connectivity index is 1.39. The summed E-state index contributed by atoms with van der Waals surface area (Å²) >= 11 is 0. The van der Waals surface area contributed by atoms with Crippen molar-refractivity contribution in [2.45, 2.75) is 13.0 Å². The van der Waals surface area contributed by atoms with E-state index in [2.05, 4.69) is 21.2 Å². The summed E-state index contributed by atoms with van der Waals surface area (Å²) in [5.41, 5.74) is 1.14. The Hall–Kier alpha value is -2.47. The lowest BCUT2D eigenvalue weighted by molar-refractivity contribution is -0.121. The van der Waals surface area contributed by atoms with E-state index in [1.54, 1.807) is 13.4 Å². The lowest BCUT2D eigenvalue weighted by Gasteiger charge is -2.36. The number of para-hydroxylation sites is 2. The summed E-state index contributed by atoms with van der Waals surface area (Å²) in [7, 11) is 1.70. The van der Waals surface area contributed by atoms with Gasteiger partial charge in [0.1, 0.15) is 11.5 Å². The molecule has 0 atom stereocenters. The predicted octanol–water partition coefficient (Wildman–Crippen LogP) is 2.12. The Morgan fingerprint density at radius 1 is 1.16 bits per heavy atom. The molecule has 0 saturated carbocycles. The van der Waals surface area contributed by atoms with Crippen LogP contribution in [0.4, 0.5) is 5.69 Å². The third kappa shape index (κ3) is 4.76. The smallest absolute Gasteiger partial charge is 0.221 e. The molecule has 6 nitrogen and oxygen atoms in total. The molecule has 1 aliphatic rings. The van der Waals surface area contributed by atoms with Gasteiger partial charge in [-0.1, -0.05) is 12.1 Å². The molecule has 1 amide bonds. The first kappa shape index (κ1) is 17.4. The van der Waals surface area contributed by atoms with Crippen molar-refractivity contribution in [3.8, 4) is 5.75 Å². The van der Waals surface area contributed by atoms with Crippen LogP contribution in [0.1, 0.15) is 12.2 Å². The average Bonchev–Trinajstić information content (AvgIpc) is 3.19. The van der Waals surface area contributed by atoms with Gasteiger partial charge in [0.05, 0.1) is 25.6 Å². The number of ether oxygens (including phenoxy) is 1. The van der Waals surface area contributed by atoms with Crippen molar-refractivity contribution in [2.75, 3.05) is 44.7 Å². The lowest BCUT2D eigenvalue weighted by Crippen LogP contribution is -2.47. The minimum absolute atomic E-state index is 0.0589. The third-order valence-corrected chi connectivity index (χ3v) is 4.49. The highest BCUT2D eigenvalue weighted by atomic mass is 16.5. The molecule has 1 fully saturated rings. The normalized spacial score (nSPS) is 15.2. The molecule has 0 bridgehead atoms. The van der Waals surface area contributed by atoms with Crippen molar-refractivity contribution in [2.24, 2.45) is 0 Å². The summed E-state index contributed by atoms with van der Waals surface area (Å²) in [5.74, 6) is 1.75. The number of benzene rings is 1. The van der Waals surface area contributed by atoms with Crippen LogP contribution in [-0.4, -0.2) is 50.6 Å². The zero-order valence-corrected chi connectivity index (χ0v) is 14.6. The highest BCUT2D eigenvalue weighted by Gasteiger charge is 2.19. The maximum absolute atomic E-state index is 11.9. The standard InChI is InChI=1S/C19H25N3O3/c1-24-18-7-3-2-6-17(18)22-12-10-21(11-13-22)9-8-19(23)20-15-16-5-4-14-25-16/h2-7,14H,8-13,15H2,1H3,(H,20,23). The highest BCUT2D eigenvalue weighted by molar-refractivity contribution is 5.76. The van der Waals surface area contributed by atoms with E-state index in [1.807, 2.05) is 30.3 Å². The zero-order valence-electron chi connectivity index (χ0n) is 14.6. The molecule has 2 heterocycles. The fourth-order valence-corrected chi connectivity index (χ4v) is 3.05. The van der Waals surface area contributed by atoms with Crippen molar-refractivity contribution in [3.63, 3.8) is 0 Å². The number of piperazine rings is 1. The van der Waals surface area contributed by atoms with E-state index in [-0.39, 0.29) is 5.91 Å². The quantitative estimate of drug-likeness (QED) is 0.834. The molecule has 134 valence electrons. The predicted molar refractivity (Wildman–Crippen MR) is 96.8 cm³/mol. The molecule has 0 radical (unpaired) electrons. The number of nitrogens with zero attached hydrogens (tertiary/aromatic N) is 2. The molecular weight excluding hydrogens is 318 g/mol. The maximum Gasteiger partial charge on any atom is 0.221 e. The number of nitrogens with one attached hydrogen (secondary N) is 1.